The molecule has 0 aromatic heterocycles. The summed E-state index contributed by atoms with van der Waals surface area (Å²) < 4.78 is 5.75. The Morgan fingerprint density at radius 1 is 1.19 bits per heavy atom. The standard InChI is InChI=1S/C21H26ClNO3/c1-5-13(14-6-8-15(22)9-7-14)10-23-16(24)21-12-19(3)18(2,17(25)26-21)11-20(19,21)4/h6-9,13H,5,10-12H2,1-4H3,(H,23,24). The zero-order chi connectivity index (χ0) is 19.0. The molecule has 0 spiro atoms. The topological polar surface area (TPSA) is 55.4 Å². The molecule has 5 heteroatoms. The summed E-state index contributed by atoms with van der Waals surface area (Å²) in [6, 6.07) is 7.74. The van der Waals surface area contributed by atoms with Gasteiger partial charge in [0.15, 0.2) is 5.60 Å². The number of halogens is 1. The molecule has 2 aliphatic carbocycles. The highest BCUT2D eigenvalue weighted by atomic mass is 35.5. The molecular weight excluding hydrogens is 350 g/mol. The van der Waals surface area contributed by atoms with Gasteiger partial charge in [-0.1, -0.05) is 44.5 Å². The van der Waals surface area contributed by atoms with E-state index < -0.39 is 11.0 Å². The quantitative estimate of drug-likeness (QED) is 0.789. The number of esters is 1. The van der Waals surface area contributed by atoms with Gasteiger partial charge in [-0.25, -0.2) is 0 Å². The van der Waals surface area contributed by atoms with Gasteiger partial charge in [-0.15, -0.1) is 0 Å². The average molecular weight is 376 g/mol. The Labute approximate surface area is 159 Å². The van der Waals surface area contributed by atoms with Crippen molar-refractivity contribution < 1.29 is 14.3 Å². The zero-order valence-electron chi connectivity index (χ0n) is 15.8. The van der Waals surface area contributed by atoms with E-state index in [1.165, 1.54) is 0 Å². The molecule has 1 amide bonds. The lowest BCUT2D eigenvalue weighted by Gasteiger charge is -2.83. The molecule has 4 bridgehead atoms. The van der Waals surface area contributed by atoms with Crippen molar-refractivity contribution in [3.05, 3.63) is 34.9 Å². The van der Waals surface area contributed by atoms with E-state index in [9.17, 15) is 9.59 Å². The minimum atomic E-state index is -0.991. The molecule has 5 atom stereocenters. The van der Waals surface area contributed by atoms with Crippen LogP contribution in [0.15, 0.2) is 24.3 Å². The smallest absolute Gasteiger partial charge is 0.313 e. The van der Waals surface area contributed by atoms with Gasteiger partial charge in [0.1, 0.15) is 0 Å². The summed E-state index contributed by atoms with van der Waals surface area (Å²) in [6.45, 7) is 8.83. The Morgan fingerprint density at radius 3 is 2.38 bits per heavy atom. The summed E-state index contributed by atoms with van der Waals surface area (Å²) in [4.78, 5) is 25.6. The summed E-state index contributed by atoms with van der Waals surface area (Å²) in [5.74, 6) is -0.146. The Morgan fingerprint density at radius 2 is 1.85 bits per heavy atom. The second-order valence-corrected chi connectivity index (χ2v) is 9.37. The minimum Gasteiger partial charge on any atom is -0.448 e. The summed E-state index contributed by atoms with van der Waals surface area (Å²) >= 11 is 5.97. The van der Waals surface area contributed by atoms with Crippen molar-refractivity contribution >= 4 is 23.5 Å². The van der Waals surface area contributed by atoms with Crippen LogP contribution in [0.25, 0.3) is 0 Å². The Kier molecular flexibility index (Phi) is 3.60. The van der Waals surface area contributed by atoms with Crippen LogP contribution in [0.2, 0.25) is 5.02 Å². The normalized spacial score (nSPS) is 40.7. The van der Waals surface area contributed by atoms with Crippen molar-refractivity contribution in [2.75, 3.05) is 6.54 Å². The molecular formula is C21H26ClNO3. The predicted molar refractivity (Wildman–Crippen MR) is 99.9 cm³/mol. The molecule has 1 aromatic carbocycles. The van der Waals surface area contributed by atoms with Crippen LogP contribution in [0.5, 0.6) is 0 Å². The largest absolute Gasteiger partial charge is 0.448 e. The monoisotopic (exact) mass is 375 g/mol. The van der Waals surface area contributed by atoms with Crippen molar-refractivity contribution in [2.24, 2.45) is 16.2 Å². The predicted octanol–water partition coefficient (Wildman–Crippen LogP) is 4.07. The molecule has 26 heavy (non-hydrogen) atoms. The number of carbonyl (C=O) groups is 2. The Bertz CT molecular complexity index is 793. The van der Waals surface area contributed by atoms with Gasteiger partial charge in [0.2, 0.25) is 0 Å². The van der Waals surface area contributed by atoms with Gasteiger partial charge in [-0.05, 0) is 42.9 Å². The van der Waals surface area contributed by atoms with Crippen LogP contribution in [0.3, 0.4) is 0 Å². The molecule has 4 nitrogen and oxygen atoms in total. The second-order valence-electron chi connectivity index (χ2n) is 8.93. The molecule has 5 unspecified atom stereocenters. The van der Waals surface area contributed by atoms with Crippen molar-refractivity contribution in [2.45, 2.75) is 58.5 Å². The second kappa shape index (κ2) is 5.25. The lowest BCUT2D eigenvalue weighted by atomic mass is 9.22. The highest BCUT2D eigenvalue weighted by Gasteiger charge is 2.92. The van der Waals surface area contributed by atoms with E-state index >= 15 is 0 Å². The summed E-state index contributed by atoms with van der Waals surface area (Å²) in [6.07, 6.45) is 2.27. The number of rotatable bonds is 5. The van der Waals surface area contributed by atoms with Crippen molar-refractivity contribution in [3.8, 4) is 0 Å². The van der Waals surface area contributed by atoms with Crippen molar-refractivity contribution in [1.82, 2.24) is 5.32 Å². The summed E-state index contributed by atoms with van der Waals surface area (Å²) in [5, 5.41) is 3.78. The summed E-state index contributed by atoms with van der Waals surface area (Å²) in [5.41, 5.74) is -0.661. The van der Waals surface area contributed by atoms with Crippen molar-refractivity contribution in [1.29, 1.82) is 0 Å². The third-order valence-electron chi connectivity index (χ3n) is 8.06. The molecule has 2 saturated carbocycles. The lowest BCUT2D eigenvalue weighted by Crippen LogP contribution is -2.90. The number of fused-ring (bicyclic) bond motifs is 1. The van der Waals surface area contributed by atoms with Crippen LogP contribution >= 0.6 is 11.6 Å². The first kappa shape index (κ1) is 17.8. The van der Waals surface area contributed by atoms with E-state index in [1.54, 1.807) is 0 Å². The lowest BCUT2D eigenvalue weighted by molar-refractivity contribution is -0.396. The molecule has 4 aliphatic rings. The first-order valence-corrected chi connectivity index (χ1v) is 9.78. The first-order valence-electron chi connectivity index (χ1n) is 9.41. The number of ether oxygens (including phenoxy) is 1. The van der Waals surface area contributed by atoms with Crippen LogP contribution in [0.4, 0.5) is 0 Å². The van der Waals surface area contributed by atoms with Crippen LogP contribution in [-0.4, -0.2) is 24.0 Å². The SMILES string of the molecule is CCC(CNC(=O)C12CC3(C)C(C)(CC13C)C(=O)O2)c1ccc(Cl)cc1. The first-order chi connectivity index (χ1) is 12.1. The Balaban J connectivity index is 1.49. The van der Waals surface area contributed by atoms with E-state index in [4.69, 9.17) is 16.3 Å². The number of nitrogens with one attached hydrogen (secondary N) is 1. The average Bonchev–Trinajstić information content (AvgIpc) is 2.60. The molecule has 0 radical (unpaired) electrons. The molecule has 2 saturated heterocycles. The number of hydrogen-bond acceptors (Lipinski definition) is 3. The van der Waals surface area contributed by atoms with Gasteiger partial charge in [0, 0.05) is 29.3 Å². The molecule has 5 rings (SSSR count). The van der Waals surface area contributed by atoms with Gasteiger partial charge >= 0.3 is 5.97 Å². The molecule has 2 aliphatic heterocycles. The summed E-state index contributed by atoms with van der Waals surface area (Å²) in [7, 11) is 0. The maximum Gasteiger partial charge on any atom is 0.313 e. The zero-order valence-corrected chi connectivity index (χ0v) is 16.6. The van der Waals surface area contributed by atoms with Gasteiger partial charge in [-0.3, -0.25) is 9.59 Å². The third-order valence-corrected chi connectivity index (χ3v) is 8.32. The van der Waals surface area contributed by atoms with Gasteiger partial charge in [0.25, 0.3) is 5.91 Å². The minimum absolute atomic E-state index is 0.132. The van der Waals surface area contributed by atoms with E-state index in [0.717, 1.165) is 18.4 Å². The molecule has 1 aromatic rings. The molecule has 2 heterocycles. The molecule has 1 N–H and O–H groups in total. The van der Waals surface area contributed by atoms with Crippen LogP contribution in [0.1, 0.15) is 58.4 Å². The van der Waals surface area contributed by atoms with Crippen molar-refractivity contribution in [3.63, 3.8) is 0 Å². The van der Waals surface area contributed by atoms with Crippen LogP contribution in [0, 0.1) is 16.2 Å². The number of amides is 1. The van der Waals surface area contributed by atoms with E-state index in [2.05, 4.69) is 26.1 Å². The van der Waals surface area contributed by atoms with E-state index in [0.29, 0.717) is 18.0 Å². The third kappa shape index (κ3) is 1.81. The maximum absolute atomic E-state index is 13.1. The number of hydrogen-bond donors (Lipinski definition) is 1. The fourth-order valence-corrected chi connectivity index (χ4v) is 5.98. The van der Waals surface area contributed by atoms with Gasteiger partial charge < -0.3 is 10.1 Å². The number of carbonyl (C=O) groups excluding carboxylic acids is 2. The van der Waals surface area contributed by atoms with Gasteiger partial charge in [-0.2, -0.15) is 0 Å². The maximum atomic E-state index is 13.1. The van der Waals surface area contributed by atoms with Crippen LogP contribution in [-0.2, 0) is 14.3 Å². The van der Waals surface area contributed by atoms with E-state index in [-0.39, 0.29) is 28.6 Å². The van der Waals surface area contributed by atoms with E-state index in [1.807, 2.05) is 31.2 Å². The van der Waals surface area contributed by atoms with Crippen LogP contribution < -0.4 is 5.32 Å². The van der Waals surface area contributed by atoms with Gasteiger partial charge in [0.05, 0.1) is 5.41 Å². The fraction of sp³-hybridized carbons (Fsp3) is 0.619. The highest BCUT2D eigenvalue weighted by molar-refractivity contribution is 6.30. The Hall–Kier alpha value is -1.55. The molecule has 140 valence electrons. The highest BCUT2D eigenvalue weighted by Crippen LogP contribution is 2.86. The number of benzene rings is 1. The fourth-order valence-electron chi connectivity index (χ4n) is 5.85. The molecule has 4 fully saturated rings.